The molecule has 0 unspecified atom stereocenters. The van der Waals surface area contributed by atoms with Gasteiger partial charge in [-0.1, -0.05) is 43.3 Å². The van der Waals surface area contributed by atoms with Gasteiger partial charge >= 0.3 is 0 Å². The molecule has 1 N–H and O–H groups in total. The molecule has 2 aromatic carbocycles. The van der Waals surface area contributed by atoms with E-state index in [0.29, 0.717) is 19.1 Å². The average Bonchev–Trinajstić information content (AvgIpc) is 2.72. The fourth-order valence-electron chi connectivity index (χ4n) is 3.82. The Kier molecular flexibility index (Phi) is 7.49. The van der Waals surface area contributed by atoms with Gasteiger partial charge in [-0.15, -0.1) is 0 Å². The zero-order valence-electron chi connectivity index (χ0n) is 17.1. The molecule has 0 spiro atoms. The Labute approximate surface area is 168 Å². The van der Waals surface area contributed by atoms with Crippen molar-refractivity contribution in [2.75, 3.05) is 19.6 Å². The van der Waals surface area contributed by atoms with Gasteiger partial charge in [0, 0.05) is 12.6 Å². The predicted octanol–water partition coefficient (Wildman–Crippen LogP) is 4.11. The Bertz CT molecular complexity index is 769. The van der Waals surface area contributed by atoms with Crippen molar-refractivity contribution in [1.29, 1.82) is 0 Å². The van der Waals surface area contributed by atoms with Gasteiger partial charge in [0.05, 0.1) is 6.42 Å². The van der Waals surface area contributed by atoms with Gasteiger partial charge in [0.2, 0.25) is 5.91 Å². The summed E-state index contributed by atoms with van der Waals surface area (Å²) in [6, 6.07) is 16.6. The van der Waals surface area contributed by atoms with E-state index in [2.05, 4.69) is 36.2 Å². The monoisotopic (exact) mass is 380 g/mol. The molecule has 2 aromatic rings. The Morgan fingerprint density at radius 1 is 1.14 bits per heavy atom. The van der Waals surface area contributed by atoms with Crippen LogP contribution in [0.15, 0.2) is 48.5 Å². The number of nitrogens with zero attached hydrogens (tertiary/aromatic N) is 1. The molecule has 0 bridgehead atoms. The van der Waals surface area contributed by atoms with Crippen molar-refractivity contribution in [1.82, 2.24) is 10.2 Å². The number of amides is 1. The van der Waals surface area contributed by atoms with Crippen LogP contribution >= 0.6 is 0 Å². The minimum Gasteiger partial charge on any atom is -0.489 e. The van der Waals surface area contributed by atoms with Crippen LogP contribution in [0.25, 0.3) is 0 Å². The van der Waals surface area contributed by atoms with Gasteiger partial charge < -0.3 is 15.0 Å². The van der Waals surface area contributed by atoms with Crippen molar-refractivity contribution < 1.29 is 9.53 Å². The molecule has 150 valence electrons. The summed E-state index contributed by atoms with van der Waals surface area (Å²) in [5.41, 5.74) is 3.43. The number of carbonyl (C=O) groups is 1. The van der Waals surface area contributed by atoms with Gasteiger partial charge in [-0.05, 0) is 68.1 Å². The number of rotatable bonds is 8. The molecule has 0 aromatic heterocycles. The predicted molar refractivity (Wildman–Crippen MR) is 114 cm³/mol. The van der Waals surface area contributed by atoms with Crippen molar-refractivity contribution in [3.63, 3.8) is 0 Å². The van der Waals surface area contributed by atoms with E-state index >= 15 is 0 Å². The number of hydrogen-bond acceptors (Lipinski definition) is 3. The lowest BCUT2D eigenvalue weighted by atomic mass is 10.0. The van der Waals surface area contributed by atoms with Gasteiger partial charge in [-0.2, -0.15) is 0 Å². The summed E-state index contributed by atoms with van der Waals surface area (Å²) in [6.07, 6.45) is 3.53. The van der Waals surface area contributed by atoms with Gasteiger partial charge in [0.25, 0.3) is 0 Å². The van der Waals surface area contributed by atoms with E-state index in [1.165, 1.54) is 11.1 Å². The molecule has 0 radical (unpaired) electrons. The number of benzene rings is 2. The molecule has 0 atom stereocenters. The third kappa shape index (κ3) is 5.59. The number of aryl methyl sites for hydroxylation is 1. The first-order chi connectivity index (χ1) is 13.7. The van der Waals surface area contributed by atoms with Crippen LogP contribution in [0.4, 0.5) is 0 Å². The van der Waals surface area contributed by atoms with E-state index < -0.39 is 0 Å². The van der Waals surface area contributed by atoms with E-state index in [-0.39, 0.29) is 5.91 Å². The molecule has 1 fully saturated rings. The maximum atomic E-state index is 13.0. The minimum absolute atomic E-state index is 0.227. The van der Waals surface area contributed by atoms with Crippen LogP contribution < -0.4 is 10.1 Å². The lowest BCUT2D eigenvalue weighted by molar-refractivity contribution is -0.133. The van der Waals surface area contributed by atoms with Crippen molar-refractivity contribution in [2.24, 2.45) is 0 Å². The van der Waals surface area contributed by atoms with E-state index in [4.69, 9.17) is 4.74 Å². The second-order valence-electron chi connectivity index (χ2n) is 7.61. The summed E-state index contributed by atoms with van der Waals surface area (Å²) in [5.74, 6) is 1.04. The van der Waals surface area contributed by atoms with Crippen LogP contribution in [0.2, 0.25) is 0 Å². The van der Waals surface area contributed by atoms with E-state index in [0.717, 1.165) is 50.2 Å². The Morgan fingerprint density at radius 3 is 2.68 bits per heavy atom. The zero-order valence-corrected chi connectivity index (χ0v) is 17.1. The van der Waals surface area contributed by atoms with Crippen molar-refractivity contribution >= 4 is 5.91 Å². The molecule has 1 aliphatic rings. The Balaban J connectivity index is 1.62. The van der Waals surface area contributed by atoms with Gasteiger partial charge in [0.1, 0.15) is 12.4 Å². The molecule has 1 amide bonds. The number of hydrogen-bond donors (Lipinski definition) is 1. The lowest BCUT2D eigenvalue weighted by Gasteiger charge is -2.34. The quantitative estimate of drug-likeness (QED) is 0.749. The average molecular weight is 381 g/mol. The summed E-state index contributed by atoms with van der Waals surface area (Å²) < 4.78 is 5.99. The van der Waals surface area contributed by atoms with Crippen LogP contribution in [0.1, 0.15) is 42.9 Å². The normalized spacial score (nSPS) is 14.6. The first kappa shape index (κ1) is 20.4. The number of piperidine rings is 1. The molecule has 0 aliphatic carbocycles. The van der Waals surface area contributed by atoms with E-state index in [9.17, 15) is 4.79 Å². The molecular weight excluding hydrogens is 348 g/mol. The highest BCUT2D eigenvalue weighted by Crippen LogP contribution is 2.19. The van der Waals surface area contributed by atoms with Gasteiger partial charge in [0.15, 0.2) is 0 Å². The van der Waals surface area contributed by atoms with Crippen molar-refractivity contribution in [3.05, 3.63) is 65.2 Å². The second kappa shape index (κ2) is 10.3. The number of carbonyl (C=O) groups excluding carboxylic acids is 1. The molecule has 0 saturated carbocycles. The van der Waals surface area contributed by atoms with Crippen LogP contribution in [0.3, 0.4) is 0 Å². The summed E-state index contributed by atoms with van der Waals surface area (Å²) in [7, 11) is 0. The summed E-state index contributed by atoms with van der Waals surface area (Å²) in [5, 5.41) is 3.38. The maximum absolute atomic E-state index is 13.0. The zero-order chi connectivity index (χ0) is 19.8. The van der Waals surface area contributed by atoms with Crippen molar-refractivity contribution in [2.45, 2.75) is 52.2 Å². The number of ether oxygens (including phenoxy) is 1. The topological polar surface area (TPSA) is 41.6 Å². The fraction of sp³-hybridized carbons (Fsp3) is 0.458. The first-order valence-electron chi connectivity index (χ1n) is 10.4. The molecule has 3 rings (SSSR count). The van der Waals surface area contributed by atoms with Crippen LogP contribution in [0, 0.1) is 6.92 Å². The van der Waals surface area contributed by atoms with E-state index in [1.807, 2.05) is 36.4 Å². The molecule has 1 heterocycles. The molecule has 1 aliphatic heterocycles. The Morgan fingerprint density at radius 2 is 1.93 bits per heavy atom. The first-order valence-corrected chi connectivity index (χ1v) is 10.4. The SMILES string of the molecule is CCCN(C(=O)Cc1cccc(OCc2ccccc2C)c1)C1CCNCC1. The lowest BCUT2D eigenvalue weighted by Crippen LogP contribution is -2.47. The highest BCUT2D eigenvalue weighted by atomic mass is 16.5. The van der Waals surface area contributed by atoms with Crippen LogP contribution in [0.5, 0.6) is 5.75 Å². The van der Waals surface area contributed by atoms with Gasteiger partial charge in [-0.25, -0.2) is 0 Å². The molecule has 1 saturated heterocycles. The fourth-order valence-corrected chi connectivity index (χ4v) is 3.82. The van der Waals surface area contributed by atoms with Gasteiger partial charge in [-0.3, -0.25) is 4.79 Å². The van der Waals surface area contributed by atoms with Crippen LogP contribution in [-0.2, 0) is 17.8 Å². The molecule has 4 nitrogen and oxygen atoms in total. The van der Waals surface area contributed by atoms with E-state index in [1.54, 1.807) is 0 Å². The second-order valence-corrected chi connectivity index (χ2v) is 7.61. The summed E-state index contributed by atoms with van der Waals surface area (Å²) >= 11 is 0. The third-order valence-corrected chi connectivity index (χ3v) is 5.44. The highest BCUT2D eigenvalue weighted by molar-refractivity contribution is 5.79. The van der Waals surface area contributed by atoms with Crippen LogP contribution in [-0.4, -0.2) is 36.5 Å². The molecular formula is C24H32N2O2. The standard InChI is InChI=1S/C24H32N2O2/c1-3-15-26(22-11-13-25-14-12-22)24(27)17-20-8-6-10-23(16-20)28-18-21-9-5-4-7-19(21)2/h4-10,16,22,25H,3,11-15,17-18H2,1-2H3. The minimum atomic E-state index is 0.227. The smallest absolute Gasteiger partial charge is 0.227 e. The summed E-state index contributed by atoms with van der Waals surface area (Å²) in [4.78, 5) is 15.1. The number of nitrogens with one attached hydrogen (secondary N) is 1. The largest absolute Gasteiger partial charge is 0.489 e. The highest BCUT2D eigenvalue weighted by Gasteiger charge is 2.24. The maximum Gasteiger partial charge on any atom is 0.227 e. The van der Waals surface area contributed by atoms with Crippen molar-refractivity contribution in [3.8, 4) is 5.75 Å². The third-order valence-electron chi connectivity index (χ3n) is 5.44. The molecule has 28 heavy (non-hydrogen) atoms. The Hall–Kier alpha value is -2.33. The summed E-state index contributed by atoms with van der Waals surface area (Å²) in [6.45, 7) is 7.62. The molecule has 4 heteroatoms.